The second kappa shape index (κ2) is 9.08. The van der Waals surface area contributed by atoms with Gasteiger partial charge in [-0.15, -0.1) is 24.0 Å². The Morgan fingerprint density at radius 3 is 2.76 bits per heavy atom. The van der Waals surface area contributed by atoms with Gasteiger partial charge in [-0.1, -0.05) is 23.8 Å². The van der Waals surface area contributed by atoms with E-state index < -0.39 is 0 Å². The molecule has 0 aliphatic heterocycles. The number of ether oxygens (including phenoxy) is 1. The number of benzene rings is 2. The van der Waals surface area contributed by atoms with Crippen molar-refractivity contribution in [3.05, 3.63) is 58.7 Å². The predicted molar refractivity (Wildman–Crippen MR) is 115 cm³/mol. The van der Waals surface area contributed by atoms with Crippen LogP contribution in [0.1, 0.15) is 28.7 Å². The Kier molecular flexibility index (Phi) is 7.11. The number of halogens is 1. The molecule has 0 aromatic heterocycles. The molecule has 0 saturated carbocycles. The summed E-state index contributed by atoms with van der Waals surface area (Å²) in [6.45, 7) is 2.71. The van der Waals surface area contributed by atoms with E-state index in [-0.39, 0.29) is 24.0 Å². The second-order valence-electron chi connectivity index (χ2n) is 6.29. The molecule has 0 radical (unpaired) electrons. The van der Waals surface area contributed by atoms with Crippen LogP contribution in [0.5, 0.6) is 5.75 Å². The van der Waals surface area contributed by atoms with Gasteiger partial charge < -0.3 is 15.8 Å². The van der Waals surface area contributed by atoms with Gasteiger partial charge in [0.15, 0.2) is 5.96 Å². The maximum absolute atomic E-state index is 6.02. The van der Waals surface area contributed by atoms with Crippen LogP contribution in [0.25, 0.3) is 0 Å². The molecule has 0 amide bonds. The SMILES string of the molecule is COc1ccc(C)cc1CCN=C(N)Nc1ccc2c(c1)CCC2.I. The van der Waals surface area contributed by atoms with E-state index in [1.165, 1.54) is 29.5 Å². The van der Waals surface area contributed by atoms with E-state index >= 15 is 0 Å². The van der Waals surface area contributed by atoms with Crippen LogP contribution in [0.3, 0.4) is 0 Å². The van der Waals surface area contributed by atoms with Gasteiger partial charge in [0.05, 0.1) is 7.11 Å². The first-order valence-corrected chi connectivity index (χ1v) is 8.48. The highest BCUT2D eigenvalue weighted by atomic mass is 127. The summed E-state index contributed by atoms with van der Waals surface area (Å²) in [5.74, 6) is 1.36. The highest BCUT2D eigenvalue weighted by molar-refractivity contribution is 14.0. The fourth-order valence-corrected chi connectivity index (χ4v) is 3.24. The molecule has 4 nitrogen and oxygen atoms in total. The van der Waals surface area contributed by atoms with Crippen molar-refractivity contribution >= 4 is 35.6 Å². The highest BCUT2D eigenvalue weighted by Crippen LogP contribution is 2.24. The summed E-state index contributed by atoms with van der Waals surface area (Å²) in [5, 5.41) is 3.19. The molecule has 1 aliphatic rings. The van der Waals surface area contributed by atoms with Crippen molar-refractivity contribution in [2.45, 2.75) is 32.6 Å². The number of rotatable bonds is 5. The number of guanidine groups is 1. The van der Waals surface area contributed by atoms with E-state index in [4.69, 9.17) is 10.5 Å². The van der Waals surface area contributed by atoms with E-state index in [0.717, 1.165) is 29.8 Å². The van der Waals surface area contributed by atoms with Crippen molar-refractivity contribution in [1.82, 2.24) is 0 Å². The third kappa shape index (κ3) is 5.11. The van der Waals surface area contributed by atoms with E-state index in [1.54, 1.807) is 7.11 Å². The topological polar surface area (TPSA) is 59.6 Å². The second-order valence-corrected chi connectivity index (χ2v) is 6.29. The van der Waals surface area contributed by atoms with Gasteiger partial charge in [0.2, 0.25) is 0 Å². The number of nitrogens with zero attached hydrogens (tertiary/aromatic N) is 1. The third-order valence-corrected chi connectivity index (χ3v) is 4.47. The Morgan fingerprint density at radius 2 is 1.96 bits per heavy atom. The summed E-state index contributed by atoms with van der Waals surface area (Å²) in [5.41, 5.74) is 12.3. The van der Waals surface area contributed by atoms with Gasteiger partial charge in [0, 0.05) is 12.2 Å². The van der Waals surface area contributed by atoms with Crippen LogP contribution in [0.2, 0.25) is 0 Å². The number of nitrogens with two attached hydrogens (primary N) is 1. The van der Waals surface area contributed by atoms with Crippen molar-refractivity contribution in [2.24, 2.45) is 10.7 Å². The molecule has 25 heavy (non-hydrogen) atoms. The van der Waals surface area contributed by atoms with Gasteiger partial charge in [0.25, 0.3) is 0 Å². The number of hydrogen-bond donors (Lipinski definition) is 2. The number of aryl methyl sites for hydroxylation is 3. The normalized spacial score (nSPS) is 13.1. The summed E-state index contributed by atoms with van der Waals surface area (Å²) >= 11 is 0. The first-order valence-electron chi connectivity index (χ1n) is 8.48. The fourth-order valence-electron chi connectivity index (χ4n) is 3.24. The van der Waals surface area contributed by atoms with Crippen LogP contribution in [0.15, 0.2) is 41.4 Å². The molecule has 2 aromatic rings. The number of aliphatic imine (C=N–C) groups is 1. The molecular formula is C20H26IN3O. The van der Waals surface area contributed by atoms with E-state index in [1.807, 2.05) is 6.07 Å². The standard InChI is InChI=1S/C20H25N3O.HI/c1-14-6-9-19(24-2)17(12-14)10-11-22-20(21)23-18-8-7-15-4-3-5-16(15)13-18;/h6-9,12-13H,3-5,10-11H2,1-2H3,(H3,21,22,23);1H. The quantitative estimate of drug-likeness (QED) is 0.409. The summed E-state index contributed by atoms with van der Waals surface area (Å²) in [6.07, 6.45) is 4.41. The lowest BCUT2D eigenvalue weighted by Crippen LogP contribution is -2.23. The van der Waals surface area contributed by atoms with E-state index in [9.17, 15) is 0 Å². The van der Waals surface area contributed by atoms with E-state index in [2.05, 4.69) is 47.6 Å². The van der Waals surface area contributed by atoms with Crippen LogP contribution in [-0.4, -0.2) is 19.6 Å². The summed E-state index contributed by atoms with van der Waals surface area (Å²) < 4.78 is 5.40. The summed E-state index contributed by atoms with van der Waals surface area (Å²) in [4.78, 5) is 4.44. The van der Waals surface area contributed by atoms with E-state index in [0.29, 0.717) is 12.5 Å². The zero-order valence-electron chi connectivity index (χ0n) is 14.8. The smallest absolute Gasteiger partial charge is 0.193 e. The fraction of sp³-hybridized carbons (Fsp3) is 0.350. The molecule has 0 bridgehead atoms. The molecule has 0 heterocycles. The molecule has 3 N–H and O–H groups in total. The molecule has 0 unspecified atom stereocenters. The van der Waals surface area contributed by atoms with Crippen LogP contribution in [0.4, 0.5) is 5.69 Å². The molecule has 5 heteroatoms. The maximum Gasteiger partial charge on any atom is 0.193 e. The van der Waals surface area contributed by atoms with Crippen molar-refractivity contribution < 1.29 is 4.74 Å². The molecule has 3 rings (SSSR count). The number of methoxy groups -OCH3 is 1. The average molecular weight is 451 g/mol. The van der Waals surface area contributed by atoms with Gasteiger partial charge in [0.1, 0.15) is 5.75 Å². The monoisotopic (exact) mass is 451 g/mol. The number of nitrogens with one attached hydrogen (secondary N) is 1. The Hall–Kier alpha value is -1.76. The van der Waals surface area contributed by atoms with Crippen molar-refractivity contribution in [3.63, 3.8) is 0 Å². The minimum absolute atomic E-state index is 0. The average Bonchev–Trinajstić information content (AvgIpc) is 3.03. The van der Waals surface area contributed by atoms with Crippen molar-refractivity contribution in [1.29, 1.82) is 0 Å². The number of anilines is 1. The molecule has 1 aliphatic carbocycles. The molecule has 2 aromatic carbocycles. The van der Waals surface area contributed by atoms with Crippen LogP contribution >= 0.6 is 24.0 Å². The lowest BCUT2D eigenvalue weighted by molar-refractivity contribution is 0.409. The van der Waals surface area contributed by atoms with Gasteiger partial charge >= 0.3 is 0 Å². The Bertz CT molecular complexity index is 759. The summed E-state index contributed by atoms with van der Waals surface area (Å²) in [7, 11) is 1.70. The molecule has 134 valence electrons. The van der Waals surface area contributed by atoms with Crippen LogP contribution in [0, 0.1) is 6.92 Å². The highest BCUT2D eigenvalue weighted by Gasteiger charge is 2.10. The first kappa shape index (κ1) is 19.6. The first-order chi connectivity index (χ1) is 11.7. The number of hydrogen-bond acceptors (Lipinski definition) is 2. The van der Waals surface area contributed by atoms with Gasteiger partial charge in [-0.05, 0) is 67.5 Å². The third-order valence-electron chi connectivity index (χ3n) is 4.47. The van der Waals surface area contributed by atoms with Gasteiger partial charge in [-0.2, -0.15) is 0 Å². The van der Waals surface area contributed by atoms with Crippen molar-refractivity contribution in [2.75, 3.05) is 19.0 Å². The Labute approximate surface area is 166 Å². The molecule has 0 atom stereocenters. The predicted octanol–water partition coefficient (Wildman–Crippen LogP) is 4.08. The zero-order chi connectivity index (χ0) is 16.9. The number of fused-ring (bicyclic) bond motifs is 1. The largest absolute Gasteiger partial charge is 0.496 e. The minimum Gasteiger partial charge on any atom is -0.496 e. The Balaban J connectivity index is 0.00000225. The van der Waals surface area contributed by atoms with Crippen LogP contribution < -0.4 is 15.8 Å². The maximum atomic E-state index is 6.02. The lowest BCUT2D eigenvalue weighted by Gasteiger charge is -2.10. The molecule has 0 spiro atoms. The molecule has 0 saturated heterocycles. The van der Waals surface area contributed by atoms with Crippen molar-refractivity contribution in [3.8, 4) is 5.75 Å². The lowest BCUT2D eigenvalue weighted by atomic mass is 10.1. The molecular weight excluding hydrogens is 425 g/mol. The summed E-state index contributed by atoms with van der Waals surface area (Å²) in [6, 6.07) is 12.6. The van der Waals surface area contributed by atoms with Gasteiger partial charge in [-0.25, -0.2) is 0 Å². The molecule has 0 fully saturated rings. The zero-order valence-corrected chi connectivity index (χ0v) is 17.2. The Morgan fingerprint density at radius 1 is 1.16 bits per heavy atom. The van der Waals surface area contributed by atoms with Gasteiger partial charge in [-0.3, -0.25) is 4.99 Å². The van der Waals surface area contributed by atoms with Crippen LogP contribution in [-0.2, 0) is 19.3 Å². The minimum atomic E-state index is 0.